The third-order valence-electron chi connectivity index (χ3n) is 6.64. The van der Waals surface area contributed by atoms with Crippen LogP contribution in [0.15, 0.2) is 78.9 Å². The number of carbonyl (C=O) groups excluding carboxylic acids is 2. The van der Waals surface area contributed by atoms with Crippen LogP contribution < -0.4 is 20.4 Å². The highest BCUT2D eigenvalue weighted by Crippen LogP contribution is 2.25. The summed E-state index contributed by atoms with van der Waals surface area (Å²) in [4.78, 5) is 32.0. The molecule has 0 radical (unpaired) electrons. The number of amides is 2. The van der Waals surface area contributed by atoms with Crippen molar-refractivity contribution in [2.24, 2.45) is 0 Å². The summed E-state index contributed by atoms with van der Waals surface area (Å²) < 4.78 is 0. The fraction of sp³-hybridized carbons (Fsp3) is 0.310. The molecule has 1 aliphatic rings. The van der Waals surface area contributed by atoms with Gasteiger partial charge in [0, 0.05) is 63.9 Å². The van der Waals surface area contributed by atoms with Gasteiger partial charge in [0.2, 0.25) is 0 Å². The molecule has 1 heterocycles. The Morgan fingerprint density at radius 1 is 0.833 bits per heavy atom. The molecule has 0 aromatic heterocycles. The first kappa shape index (κ1) is 25.3. The summed E-state index contributed by atoms with van der Waals surface area (Å²) >= 11 is 0. The first-order valence-corrected chi connectivity index (χ1v) is 12.4. The van der Waals surface area contributed by atoms with Crippen LogP contribution in [-0.2, 0) is 9.59 Å². The molecule has 1 unspecified atom stereocenters. The molecule has 1 saturated heterocycles. The normalized spacial score (nSPS) is 14.7. The lowest BCUT2D eigenvalue weighted by Crippen LogP contribution is -2.50. The van der Waals surface area contributed by atoms with E-state index < -0.39 is 11.8 Å². The molecule has 0 aliphatic carbocycles. The van der Waals surface area contributed by atoms with Gasteiger partial charge in [-0.2, -0.15) is 0 Å². The van der Waals surface area contributed by atoms with Crippen LogP contribution in [0.25, 0.3) is 0 Å². The van der Waals surface area contributed by atoms with Crippen molar-refractivity contribution in [2.75, 3.05) is 61.9 Å². The first-order chi connectivity index (χ1) is 17.4. The van der Waals surface area contributed by atoms with E-state index in [1.165, 1.54) is 5.69 Å². The predicted molar refractivity (Wildman–Crippen MR) is 147 cm³/mol. The molecular formula is C29H35N5O2. The van der Waals surface area contributed by atoms with Gasteiger partial charge in [0.15, 0.2) is 0 Å². The summed E-state index contributed by atoms with van der Waals surface area (Å²) in [5.41, 5.74) is 5.16. The van der Waals surface area contributed by atoms with E-state index in [1.54, 1.807) is 12.1 Å². The molecule has 4 rings (SSSR count). The quantitative estimate of drug-likeness (QED) is 0.500. The largest absolute Gasteiger partial charge is 0.378 e. The van der Waals surface area contributed by atoms with E-state index in [0.29, 0.717) is 12.2 Å². The molecule has 1 aliphatic heterocycles. The van der Waals surface area contributed by atoms with Crippen LogP contribution >= 0.6 is 0 Å². The molecule has 0 spiro atoms. The number of anilines is 3. The zero-order valence-electron chi connectivity index (χ0n) is 21.3. The number of benzene rings is 3. The Morgan fingerprint density at radius 3 is 2.08 bits per heavy atom. The molecular weight excluding hydrogens is 450 g/mol. The van der Waals surface area contributed by atoms with E-state index >= 15 is 0 Å². The number of carbonyl (C=O) groups is 2. The van der Waals surface area contributed by atoms with Gasteiger partial charge >= 0.3 is 11.8 Å². The molecule has 2 amide bonds. The van der Waals surface area contributed by atoms with Crippen molar-refractivity contribution < 1.29 is 9.59 Å². The number of piperazine rings is 1. The number of para-hydroxylation sites is 1. The second kappa shape index (κ2) is 11.7. The van der Waals surface area contributed by atoms with Gasteiger partial charge in [-0.25, -0.2) is 0 Å². The molecule has 188 valence electrons. The average Bonchev–Trinajstić information content (AvgIpc) is 2.91. The van der Waals surface area contributed by atoms with Gasteiger partial charge in [0.05, 0.1) is 6.04 Å². The fourth-order valence-electron chi connectivity index (χ4n) is 4.48. The summed E-state index contributed by atoms with van der Waals surface area (Å²) in [5, 5.41) is 5.55. The maximum absolute atomic E-state index is 12.7. The van der Waals surface area contributed by atoms with E-state index in [4.69, 9.17) is 0 Å². The third kappa shape index (κ3) is 6.43. The van der Waals surface area contributed by atoms with Gasteiger partial charge in [-0.1, -0.05) is 48.0 Å². The van der Waals surface area contributed by atoms with Gasteiger partial charge < -0.3 is 20.4 Å². The average molecular weight is 486 g/mol. The van der Waals surface area contributed by atoms with Crippen molar-refractivity contribution in [3.63, 3.8) is 0 Å². The van der Waals surface area contributed by atoms with Crippen molar-refractivity contribution >= 4 is 28.9 Å². The minimum atomic E-state index is -0.658. The van der Waals surface area contributed by atoms with Crippen molar-refractivity contribution in [3.8, 4) is 0 Å². The van der Waals surface area contributed by atoms with Crippen molar-refractivity contribution in [1.82, 2.24) is 10.2 Å². The topological polar surface area (TPSA) is 67.9 Å². The number of rotatable bonds is 7. The molecule has 7 nitrogen and oxygen atoms in total. The standard InChI is InChI=1S/C29H35N5O2/c1-22-9-13-24(14-10-22)31-29(36)28(35)30-21-27(23-11-15-25(16-12-23)32(2)3)34-19-17-33(18-20-34)26-7-5-4-6-8-26/h4-16,27H,17-21H2,1-3H3,(H,30,35)(H,31,36). The number of aryl methyl sites for hydroxylation is 1. The van der Waals surface area contributed by atoms with Crippen molar-refractivity contribution in [2.45, 2.75) is 13.0 Å². The van der Waals surface area contributed by atoms with E-state index in [9.17, 15) is 9.59 Å². The molecule has 36 heavy (non-hydrogen) atoms. The molecule has 7 heteroatoms. The highest BCUT2D eigenvalue weighted by Gasteiger charge is 2.26. The van der Waals surface area contributed by atoms with E-state index in [2.05, 4.69) is 73.9 Å². The summed E-state index contributed by atoms with van der Waals surface area (Å²) in [6, 6.07) is 26.2. The maximum atomic E-state index is 12.7. The summed E-state index contributed by atoms with van der Waals surface area (Å²) in [6.45, 7) is 5.85. The lowest BCUT2D eigenvalue weighted by molar-refractivity contribution is -0.136. The van der Waals surface area contributed by atoms with Gasteiger partial charge in [0.1, 0.15) is 0 Å². The molecule has 2 N–H and O–H groups in total. The predicted octanol–water partition coefficient (Wildman–Crippen LogP) is 3.68. The Hall–Kier alpha value is -3.84. The number of nitrogens with one attached hydrogen (secondary N) is 2. The fourth-order valence-corrected chi connectivity index (χ4v) is 4.48. The maximum Gasteiger partial charge on any atom is 0.313 e. The minimum Gasteiger partial charge on any atom is -0.378 e. The van der Waals surface area contributed by atoms with Gasteiger partial charge in [-0.05, 0) is 48.9 Å². The summed E-state index contributed by atoms with van der Waals surface area (Å²) in [5.74, 6) is -1.29. The van der Waals surface area contributed by atoms with Crippen LogP contribution in [0.2, 0.25) is 0 Å². The Labute approximate surface area is 213 Å². The van der Waals surface area contributed by atoms with Crippen LogP contribution in [0.4, 0.5) is 17.1 Å². The first-order valence-electron chi connectivity index (χ1n) is 12.4. The molecule has 0 saturated carbocycles. The Kier molecular flexibility index (Phi) is 8.23. The molecule has 3 aromatic rings. The van der Waals surface area contributed by atoms with Gasteiger partial charge in [0.25, 0.3) is 0 Å². The second-order valence-corrected chi connectivity index (χ2v) is 9.39. The zero-order chi connectivity index (χ0) is 25.5. The summed E-state index contributed by atoms with van der Waals surface area (Å²) in [6.07, 6.45) is 0. The number of nitrogens with zero attached hydrogens (tertiary/aromatic N) is 3. The molecule has 0 bridgehead atoms. The lowest BCUT2D eigenvalue weighted by atomic mass is 10.0. The second-order valence-electron chi connectivity index (χ2n) is 9.39. The van der Waals surface area contributed by atoms with Gasteiger partial charge in [-0.15, -0.1) is 0 Å². The van der Waals surface area contributed by atoms with Crippen molar-refractivity contribution in [1.29, 1.82) is 0 Å². The molecule has 1 atom stereocenters. The highest BCUT2D eigenvalue weighted by molar-refractivity contribution is 6.39. The summed E-state index contributed by atoms with van der Waals surface area (Å²) in [7, 11) is 4.03. The van der Waals surface area contributed by atoms with Crippen LogP contribution in [-0.4, -0.2) is 63.5 Å². The minimum absolute atomic E-state index is 0.0322. The zero-order valence-corrected chi connectivity index (χ0v) is 21.3. The molecule has 1 fully saturated rings. The van der Waals surface area contributed by atoms with Gasteiger partial charge in [-0.3, -0.25) is 14.5 Å². The Bertz CT molecular complexity index is 1140. The highest BCUT2D eigenvalue weighted by atomic mass is 16.2. The Balaban J connectivity index is 1.43. The number of hydrogen-bond acceptors (Lipinski definition) is 5. The van der Waals surface area contributed by atoms with Crippen LogP contribution in [0.1, 0.15) is 17.2 Å². The van der Waals surface area contributed by atoms with Crippen molar-refractivity contribution in [3.05, 3.63) is 90.0 Å². The monoisotopic (exact) mass is 485 g/mol. The SMILES string of the molecule is Cc1ccc(NC(=O)C(=O)NCC(c2ccc(N(C)C)cc2)N2CCN(c3ccccc3)CC2)cc1. The number of hydrogen-bond donors (Lipinski definition) is 2. The van der Waals surface area contributed by atoms with Crippen LogP contribution in [0, 0.1) is 6.92 Å². The smallest absolute Gasteiger partial charge is 0.313 e. The third-order valence-corrected chi connectivity index (χ3v) is 6.64. The van der Waals surface area contributed by atoms with E-state index in [1.807, 2.05) is 39.2 Å². The lowest BCUT2D eigenvalue weighted by Gasteiger charge is -2.40. The van der Waals surface area contributed by atoms with Crippen LogP contribution in [0.3, 0.4) is 0 Å². The van der Waals surface area contributed by atoms with E-state index in [-0.39, 0.29) is 6.04 Å². The van der Waals surface area contributed by atoms with Crippen LogP contribution in [0.5, 0.6) is 0 Å². The molecule has 3 aromatic carbocycles. The van der Waals surface area contributed by atoms with E-state index in [0.717, 1.165) is 43.0 Å². The Morgan fingerprint density at radius 2 is 1.47 bits per heavy atom.